The van der Waals surface area contributed by atoms with Gasteiger partial charge in [-0.1, -0.05) is 11.6 Å². The zero-order valence-corrected chi connectivity index (χ0v) is 16.3. The zero-order valence-electron chi connectivity index (χ0n) is 16.3. The first kappa shape index (κ1) is 18.9. The van der Waals surface area contributed by atoms with Gasteiger partial charge in [-0.3, -0.25) is 0 Å². The van der Waals surface area contributed by atoms with Gasteiger partial charge in [0.25, 0.3) is 0 Å². The van der Waals surface area contributed by atoms with Crippen molar-refractivity contribution in [3.05, 3.63) is 33.9 Å². The molecular weight excluding hydrogens is 300 g/mol. The molecule has 0 aliphatic carbocycles. The van der Waals surface area contributed by atoms with E-state index in [1.54, 1.807) is 7.11 Å². The SMILES string of the molecule is COCOc1c(C)c(C)c2c(c1C)CC[C@@](C)(CCC=C(C)C)O2. The maximum atomic E-state index is 6.54. The van der Waals surface area contributed by atoms with Gasteiger partial charge in [0, 0.05) is 12.7 Å². The molecule has 1 aromatic rings. The fourth-order valence-corrected chi connectivity index (χ4v) is 3.46. The number of ether oxygens (including phenoxy) is 3. The van der Waals surface area contributed by atoms with Gasteiger partial charge in [-0.05, 0) is 83.9 Å². The van der Waals surface area contributed by atoms with Crippen LogP contribution in [0, 0.1) is 20.8 Å². The lowest BCUT2D eigenvalue weighted by atomic mass is 9.85. The average Bonchev–Trinajstić information content (AvgIpc) is 2.52. The number of fused-ring (bicyclic) bond motifs is 1. The minimum atomic E-state index is -0.0858. The quantitative estimate of drug-likeness (QED) is 0.514. The van der Waals surface area contributed by atoms with Crippen LogP contribution < -0.4 is 9.47 Å². The summed E-state index contributed by atoms with van der Waals surface area (Å²) in [5, 5.41) is 0. The van der Waals surface area contributed by atoms with Gasteiger partial charge < -0.3 is 14.2 Å². The highest BCUT2D eigenvalue weighted by Crippen LogP contribution is 2.44. The third-order valence-corrected chi connectivity index (χ3v) is 5.11. The predicted octanol–water partition coefficient (Wildman–Crippen LogP) is 5.42. The normalized spacial score (nSPS) is 19.5. The molecule has 0 N–H and O–H groups in total. The number of allylic oxidation sites excluding steroid dienone is 2. The summed E-state index contributed by atoms with van der Waals surface area (Å²) in [4.78, 5) is 0. The number of methoxy groups -OCH3 is 1. The Morgan fingerprint density at radius 2 is 1.88 bits per heavy atom. The van der Waals surface area contributed by atoms with E-state index in [4.69, 9.17) is 14.2 Å². The zero-order chi connectivity index (χ0) is 17.9. The molecule has 0 spiro atoms. The van der Waals surface area contributed by atoms with Crippen LogP contribution in [0.25, 0.3) is 0 Å². The van der Waals surface area contributed by atoms with Crippen LogP contribution in [0.15, 0.2) is 11.6 Å². The Hall–Kier alpha value is -1.48. The van der Waals surface area contributed by atoms with Crippen LogP contribution in [0.4, 0.5) is 0 Å². The molecular formula is C21H32O3. The van der Waals surface area contributed by atoms with E-state index in [2.05, 4.69) is 47.6 Å². The van der Waals surface area contributed by atoms with E-state index < -0.39 is 0 Å². The standard InChI is InChI=1S/C21H32O3/c1-14(2)9-8-11-21(6)12-10-18-17(5)19(23-13-22-7)15(3)16(4)20(18)24-21/h9H,8,10-13H2,1-7H3/t21-/m1/s1. The highest BCUT2D eigenvalue weighted by atomic mass is 16.7. The van der Waals surface area contributed by atoms with Gasteiger partial charge in [-0.2, -0.15) is 0 Å². The molecule has 3 heteroatoms. The molecule has 0 bridgehead atoms. The smallest absolute Gasteiger partial charge is 0.188 e. The molecule has 0 fully saturated rings. The summed E-state index contributed by atoms with van der Waals surface area (Å²) in [7, 11) is 1.65. The molecule has 0 aromatic heterocycles. The highest BCUT2D eigenvalue weighted by Gasteiger charge is 2.34. The first-order chi connectivity index (χ1) is 11.3. The van der Waals surface area contributed by atoms with Gasteiger partial charge in [0.05, 0.1) is 0 Å². The van der Waals surface area contributed by atoms with Crippen LogP contribution in [-0.2, 0) is 11.2 Å². The van der Waals surface area contributed by atoms with Crippen molar-refractivity contribution in [2.45, 2.75) is 72.8 Å². The molecule has 0 saturated heterocycles. The second kappa shape index (κ2) is 7.60. The van der Waals surface area contributed by atoms with Crippen LogP contribution in [-0.4, -0.2) is 19.5 Å². The fourth-order valence-electron chi connectivity index (χ4n) is 3.46. The lowest BCUT2D eigenvalue weighted by molar-refractivity contribution is 0.0466. The average molecular weight is 332 g/mol. The molecule has 2 rings (SSSR count). The molecule has 1 aromatic carbocycles. The molecule has 24 heavy (non-hydrogen) atoms. The lowest BCUT2D eigenvalue weighted by Crippen LogP contribution is -2.37. The maximum Gasteiger partial charge on any atom is 0.188 e. The van der Waals surface area contributed by atoms with Gasteiger partial charge >= 0.3 is 0 Å². The number of benzene rings is 1. The van der Waals surface area contributed by atoms with Crippen molar-refractivity contribution >= 4 is 0 Å². The topological polar surface area (TPSA) is 27.7 Å². The number of rotatable bonds is 6. The molecule has 1 aliphatic heterocycles. The van der Waals surface area contributed by atoms with Crippen molar-refractivity contribution in [1.29, 1.82) is 0 Å². The van der Waals surface area contributed by atoms with Gasteiger partial charge in [-0.25, -0.2) is 0 Å². The Morgan fingerprint density at radius 3 is 2.50 bits per heavy atom. The van der Waals surface area contributed by atoms with E-state index in [0.29, 0.717) is 0 Å². The van der Waals surface area contributed by atoms with Crippen molar-refractivity contribution in [2.75, 3.05) is 13.9 Å². The Bertz CT molecular complexity index is 627. The molecule has 0 unspecified atom stereocenters. The summed E-state index contributed by atoms with van der Waals surface area (Å²) in [6, 6.07) is 0. The molecule has 0 saturated carbocycles. The summed E-state index contributed by atoms with van der Waals surface area (Å²) in [6.07, 6.45) is 6.51. The summed E-state index contributed by atoms with van der Waals surface area (Å²) in [5.41, 5.74) is 6.11. The number of hydrogen-bond acceptors (Lipinski definition) is 3. The van der Waals surface area contributed by atoms with Crippen LogP contribution >= 0.6 is 0 Å². The lowest BCUT2D eigenvalue weighted by Gasteiger charge is -2.38. The molecule has 1 atom stereocenters. The van der Waals surface area contributed by atoms with Gasteiger partial charge in [0.15, 0.2) is 6.79 Å². The highest BCUT2D eigenvalue weighted by molar-refractivity contribution is 5.59. The van der Waals surface area contributed by atoms with Gasteiger partial charge in [0.1, 0.15) is 17.1 Å². The molecule has 1 heterocycles. The van der Waals surface area contributed by atoms with Crippen molar-refractivity contribution < 1.29 is 14.2 Å². The van der Waals surface area contributed by atoms with E-state index in [1.165, 1.54) is 22.3 Å². The maximum absolute atomic E-state index is 6.54. The minimum Gasteiger partial charge on any atom is -0.487 e. The van der Waals surface area contributed by atoms with Crippen molar-refractivity contribution in [3.8, 4) is 11.5 Å². The van der Waals surface area contributed by atoms with E-state index in [0.717, 1.165) is 42.7 Å². The van der Waals surface area contributed by atoms with Crippen molar-refractivity contribution in [3.63, 3.8) is 0 Å². The van der Waals surface area contributed by atoms with E-state index in [1.807, 2.05) is 0 Å². The van der Waals surface area contributed by atoms with Crippen LogP contribution in [0.5, 0.6) is 11.5 Å². The van der Waals surface area contributed by atoms with E-state index in [9.17, 15) is 0 Å². The summed E-state index contributed by atoms with van der Waals surface area (Å²) in [6.45, 7) is 13.2. The second-order valence-electron chi connectivity index (χ2n) is 7.43. The van der Waals surface area contributed by atoms with Crippen molar-refractivity contribution in [2.24, 2.45) is 0 Å². The Balaban J connectivity index is 2.30. The Labute approximate surface area is 147 Å². The third kappa shape index (κ3) is 3.94. The second-order valence-corrected chi connectivity index (χ2v) is 7.43. The fraction of sp³-hybridized carbons (Fsp3) is 0.619. The first-order valence-corrected chi connectivity index (χ1v) is 8.86. The monoisotopic (exact) mass is 332 g/mol. The van der Waals surface area contributed by atoms with E-state index in [-0.39, 0.29) is 12.4 Å². The number of hydrogen-bond donors (Lipinski definition) is 0. The first-order valence-electron chi connectivity index (χ1n) is 8.86. The minimum absolute atomic E-state index is 0.0858. The predicted molar refractivity (Wildman–Crippen MR) is 99.2 cm³/mol. The van der Waals surface area contributed by atoms with Crippen LogP contribution in [0.1, 0.15) is 62.3 Å². The molecule has 134 valence electrons. The van der Waals surface area contributed by atoms with Gasteiger partial charge in [0.2, 0.25) is 0 Å². The molecule has 0 amide bonds. The Kier molecular flexibility index (Phi) is 5.97. The summed E-state index contributed by atoms with van der Waals surface area (Å²) >= 11 is 0. The Morgan fingerprint density at radius 1 is 1.17 bits per heavy atom. The molecule has 0 radical (unpaired) electrons. The molecule has 1 aliphatic rings. The largest absolute Gasteiger partial charge is 0.487 e. The van der Waals surface area contributed by atoms with E-state index >= 15 is 0 Å². The van der Waals surface area contributed by atoms with Crippen molar-refractivity contribution in [1.82, 2.24) is 0 Å². The van der Waals surface area contributed by atoms with Crippen LogP contribution in [0.3, 0.4) is 0 Å². The van der Waals surface area contributed by atoms with Crippen LogP contribution in [0.2, 0.25) is 0 Å². The van der Waals surface area contributed by atoms with Gasteiger partial charge in [-0.15, -0.1) is 0 Å². The summed E-state index contributed by atoms with van der Waals surface area (Å²) in [5.74, 6) is 2.02. The third-order valence-electron chi connectivity index (χ3n) is 5.11. The summed E-state index contributed by atoms with van der Waals surface area (Å²) < 4.78 is 17.4. The molecule has 3 nitrogen and oxygen atoms in total.